The minimum atomic E-state index is -0.889. The van der Waals surface area contributed by atoms with E-state index >= 15 is 0 Å². The van der Waals surface area contributed by atoms with Crippen LogP contribution in [0.5, 0.6) is 5.75 Å². The van der Waals surface area contributed by atoms with Crippen molar-refractivity contribution in [3.63, 3.8) is 0 Å². The summed E-state index contributed by atoms with van der Waals surface area (Å²) < 4.78 is 10.7. The number of rotatable bonds is 8. The van der Waals surface area contributed by atoms with Crippen molar-refractivity contribution in [3.05, 3.63) is 84.1 Å². The van der Waals surface area contributed by atoms with Crippen LogP contribution in [0, 0.1) is 6.92 Å². The van der Waals surface area contributed by atoms with E-state index in [1.807, 2.05) is 43.3 Å². The summed E-state index contributed by atoms with van der Waals surface area (Å²) in [5, 5.41) is 0.826. The molecule has 0 unspecified atom stereocenters. The van der Waals surface area contributed by atoms with Crippen LogP contribution in [0.3, 0.4) is 0 Å². The van der Waals surface area contributed by atoms with Crippen molar-refractivity contribution in [2.75, 3.05) is 6.61 Å². The number of H-pyrrole nitrogens is 1. The molecule has 0 aliphatic carbocycles. The third-order valence-electron chi connectivity index (χ3n) is 4.46. The van der Waals surface area contributed by atoms with Gasteiger partial charge in [-0.3, -0.25) is 4.79 Å². The van der Waals surface area contributed by atoms with Crippen LogP contribution in [0.25, 0.3) is 17.0 Å². The molecule has 0 amide bonds. The van der Waals surface area contributed by atoms with Gasteiger partial charge in [0.2, 0.25) is 5.78 Å². The van der Waals surface area contributed by atoms with Gasteiger partial charge in [0.15, 0.2) is 6.10 Å². The Labute approximate surface area is 169 Å². The standard InChI is InChI=1S/C24H23NO4/c1-4-15-28-19-12-9-18(10-13-19)11-14-22(26)29-17(3)24(27)23-16(2)25-21-8-6-5-7-20(21)23/h4-14,17,25H,1,15H2,2-3H3/b14-11+/t17-/m1/s1. The summed E-state index contributed by atoms with van der Waals surface area (Å²) in [6, 6.07) is 14.8. The number of carbonyl (C=O) groups excluding carboxylic acids is 2. The maximum Gasteiger partial charge on any atom is 0.331 e. The molecule has 5 heteroatoms. The number of hydrogen-bond acceptors (Lipinski definition) is 4. The van der Waals surface area contributed by atoms with Crippen LogP contribution in [0.2, 0.25) is 0 Å². The van der Waals surface area contributed by atoms with E-state index in [0.29, 0.717) is 12.2 Å². The maximum atomic E-state index is 12.8. The largest absolute Gasteiger partial charge is 0.490 e. The van der Waals surface area contributed by atoms with Gasteiger partial charge in [0.1, 0.15) is 12.4 Å². The van der Waals surface area contributed by atoms with Gasteiger partial charge in [-0.05, 0) is 43.7 Å². The van der Waals surface area contributed by atoms with E-state index in [1.54, 1.807) is 31.2 Å². The van der Waals surface area contributed by atoms with Crippen molar-refractivity contribution >= 4 is 28.7 Å². The van der Waals surface area contributed by atoms with Gasteiger partial charge < -0.3 is 14.5 Å². The number of ether oxygens (including phenoxy) is 2. The molecular weight excluding hydrogens is 366 g/mol. The fourth-order valence-corrected chi connectivity index (χ4v) is 3.06. The summed E-state index contributed by atoms with van der Waals surface area (Å²) in [6.07, 6.45) is 3.73. The molecule has 2 aromatic carbocycles. The van der Waals surface area contributed by atoms with Gasteiger partial charge in [-0.15, -0.1) is 0 Å². The third kappa shape index (κ3) is 4.82. The molecule has 1 N–H and O–H groups in total. The molecule has 5 nitrogen and oxygen atoms in total. The van der Waals surface area contributed by atoms with E-state index in [1.165, 1.54) is 6.08 Å². The molecule has 0 fully saturated rings. The van der Waals surface area contributed by atoms with E-state index in [-0.39, 0.29) is 5.78 Å². The zero-order chi connectivity index (χ0) is 20.8. The van der Waals surface area contributed by atoms with Crippen LogP contribution >= 0.6 is 0 Å². The highest BCUT2D eigenvalue weighted by atomic mass is 16.5. The molecule has 0 saturated heterocycles. The van der Waals surface area contributed by atoms with Crippen LogP contribution in [0.4, 0.5) is 0 Å². The normalized spacial score (nSPS) is 12.1. The number of benzene rings is 2. The molecule has 0 saturated carbocycles. The highest BCUT2D eigenvalue weighted by molar-refractivity contribution is 6.11. The van der Waals surface area contributed by atoms with Crippen molar-refractivity contribution in [1.82, 2.24) is 4.98 Å². The van der Waals surface area contributed by atoms with Gasteiger partial charge in [-0.25, -0.2) is 4.79 Å². The number of Topliss-reactive ketones (excluding diaryl/α,β-unsaturated/α-hetero) is 1. The highest BCUT2D eigenvalue weighted by Gasteiger charge is 2.23. The summed E-state index contributed by atoms with van der Waals surface area (Å²) in [6.45, 7) is 7.46. The number of hydrogen-bond donors (Lipinski definition) is 1. The monoisotopic (exact) mass is 389 g/mol. The number of carbonyl (C=O) groups is 2. The molecule has 148 valence electrons. The molecular formula is C24H23NO4. The Hall–Kier alpha value is -3.60. The molecule has 3 aromatic rings. The molecule has 0 bridgehead atoms. The molecule has 0 radical (unpaired) electrons. The first kappa shape index (κ1) is 20.1. The summed E-state index contributed by atoms with van der Waals surface area (Å²) in [4.78, 5) is 28.2. The Balaban J connectivity index is 1.64. The van der Waals surface area contributed by atoms with Crippen LogP contribution in [-0.2, 0) is 9.53 Å². The first-order valence-electron chi connectivity index (χ1n) is 9.33. The summed E-state index contributed by atoms with van der Waals surface area (Å²) in [5.74, 6) is -0.0845. The Morgan fingerprint density at radius 1 is 1.14 bits per heavy atom. The first-order valence-corrected chi connectivity index (χ1v) is 9.33. The smallest absolute Gasteiger partial charge is 0.331 e. The van der Waals surface area contributed by atoms with Gasteiger partial charge in [-0.1, -0.05) is 43.0 Å². The molecule has 29 heavy (non-hydrogen) atoms. The Morgan fingerprint density at radius 2 is 1.86 bits per heavy atom. The van der Waals surface area contributed by atoms with Crippen LogP contribution in [0.15, 0.2) is 67.3 Å². The number of aromatic nitrogens is 1. The van der Waals surface area contributed by atoms with Crippen LogP contribution in [0.1, 0.15) is 28.5 Å². The summed E-state index contributed by atoms with van der Waals surface area (Å²) >= 11 is 0. The second-order valence-electron chi connectivity index (χ2n) is 6.62. The van der Waals surface area contributed by atoms with Gasteiger partial charge in [-0.2, -0.15) is 0 Å². The topological polar surface area (TPSA) is 68.4 Å². The average Bonchev–Trinajstić information content (AvgIpc) is 3.06. The van der Waals surface area contributed by atoms with Crippen molar-refractivity contribution in [3.8, 4) is 5.75 Å². The van der Waals surface area contributed by atoms with Crippen LogP contribution in [-0.4, -0.2) is 29.4 Å². The maximum absolute atomic E-state index is 12.8. The van der Waals surface area contributed by atoms with Crippen molar-refractivity contribution in [1.29, 1.82) is 0 Å². The van der Waals surface area contributed by atoms with Gasteiger partial charge in [0, 0.05) is 28.2 Å². The zero-order valence-corrected chi connectivity index (χ0v) is 16.5. The second kappa shape index (κ2) is 9.06. The van der Waals surface area contributed by atoms with Gasteiger partial charge in [0.05, 0.1) is 0 Å². The Morgan fingerprint density at radius 3 is 2.59 bits per heavy atom. The molecule has 3 rings (SSSR count). The number of ketones is 1. The molecule has 1 atom stereocenters. The van der Waals surface area contributed by atoms with Gasteiger partial charge in [0.25, 0.3) is 0 Å². The number of aromatic amines is 1. The number of esters is 1. The average molecular weight is 389 g/mol. The zero-order valence-electron chi connectivity index (χ0n) is 16.5. The van der Waals surface area contributed by atoms with E-state index in [2.05, 4.69) is 11.6 Å². The quantitative estimate of drug-likeness (QED) is 0.258. The SMILES string of the molecule is C=CCOc1ccc(/C=C/C(=O)O[C@H](C)C(=O)c2c(C)[nH]c3ccccc23)cc1. The number of fused-ring (bicyclic) bond motifs is 1. The lowest BCUT2D eigenvalue weighted by atomic mass is 10.0. The lowest BCUT2D eigenvalue weighted by Crippen LogP contribution is -2.24. The number of nitrogens with one attached hydrogen (secondary N) is 1. The number of para-hydroxylation sites is 1. The highest BCUT2D eigenvalue weighted by Crippen LogP contribution is 2.24. The van der Waals surface area contributed by atoms with Gasteiger partial charge >= 0.3 is 5.97 Å². The minimum Gasteiger partial charge on any atom is -0.490 e. The van der Waals surface area contributed by atoms with Crippen molar-refractivity contribution < 1.29 is 19.1 Å². The second-order valence-corrected chi connectivity index (χ2v) is 6.62. The van der Waals surface area contributed by atoms with E-state index in [4.69, 9.17) is 9.47 Å². The molecule has 0 aliphatic rings. The first-order chi connectivity index (χ1) is 14.0. The predicted octanol–water partition coefficient (Wildman–Crippen LogP) is 4.87. The summed E-state index contributed by atoms with van der Waals surface area (Å²) in [5.41, 5.74) is 3.01. The Kier molecular flexibility index (Phi) is 6.29. The van der Waals surface area contributed by atoms with E-state index < -0.39 is 12.1 Å². The molecule has 0 aliphatic heterocycles. The lowest BCUT2D eigenvalue weighted by molar-refractivity contribution is -0.140. The third-order valence-corrected chi connectivity index (χ3v) is 4.46. The fraction of sp³-hybridized carbons (Fsp3) is 0.167. The lowest BCUT2D eigenvalue weighted by Gasteiger charge is -2.11. The van der Waals surface area contributed by atoms with E-state index in [9.17, 15) is 9.59 Å². The molecule has 1 heterocycles. The Bertz CT molecular complexity index is 1060. The molecule has 0 spiro atoms. The number of aryl methyl sites for hydroxylation is 1. The molecule has 1 aromatic heterocycles. The minimum absolute atomic E-state index is 0.231. The van der Waals surface area contributed by atoms with E-state index in [0.717, 1.165) is 27.9 Å². The van der Waals surface area contributed by atoms with Crippen molar-refractivity contribution in [2.24, 2.45) is 0 Å². The predicted molar refractivity (Wildman–Crippen MR) is 114 cm³/mol. The fourth-order valence-electron chi connectivity index (χ4n) is 3.06. The van der Waals surface area contributed by atoms with Crippen LogP contribution < -0.4 is 4.74 Å². The van der Waals surface area contributed by atoms with Crippen molar-refractivity contribution in [2.45, 2.75) is 20.0 Å². The summed E-state index contributed by atoms with van der Waals surface area (Å²) in [7, 11) is 0.